The van der Waals surface area contributed by atoms with Gasteiger partial charge in [0.05, 0.1) is 18.1 Å². The minimum atomic E-state index is -3.62. The predicted octanol–water partition coefficient (Wildman–Crippen LogP) is 3.06. The van der Waals surface area contributed by atoms with Crippen molar-refractivity contribution >= 4 is 23.2 Å². The van der Waals surface area contributed by atoms with Crippen LogP contribution >= 0.6 is 11.6 Å². The fourth-order valence-corrected chi connectivity index (χ4v) is 2.14. The van der Waals surface area contributed by atoms with Gasteiger partial charge in [-0.15, -0.1) is 0 Å². The Morgan fingerprint density at radius 1 is 1.50 bits per heavy atom. The summed E-state index contributed by atoms with van der Waals surface area (Å²) in [5, 5.41) is -3.62. The summed E-state index contributed by atoms with van der Waals surface area (Å²) in [7, 11) is 0. The van der Waals surface area contributed by atoms with Crippen molar-refractivity contribution in [2.45, 2.75) is 11.8 Å². The lowest BCUT2D eigenvalue weighted by molar-refractivity contribution is -0.118. The first-order chi connectivity index (χ1) is 8.39. The lowest BCUT2D eigenvalue weighted by Crippen LogP contribution is -2.37. The van der Waals surface area contributed by atoms with Crippen LogP contribution in [0.25, 0.3) is 0 Å². The third-order valence-electron chi connectivity index (χ3n) is 2.83. The fourth-order valence-electron chi connectivity index (χ4n) is 1.93. The molecule has 0 fully saturated rings. The number of ketones is 2. The highest BCUT2D eigenvalue weighted by atomic mass is 35.5. The first kappa shape index (κ1) is 13.0. The molecule has 0 amide bonds. The molecule has 1 aromatic rings. The number of furan rings is 1. The molecule has 1 aromatic heterocycles. The number of carbonyl (C=O) groups excluding carboxylic acids is 2. The molecule has 0 bridgehead atoms. The molecule has 0 radical (unpaired) electrons. The molecule has 1 heterocycles. The maximum atomic E-state index is 13.2. The van der Waals surface area contributed by atoms with E-state index in [-0.39, 0.29) is 5.76 Å². The summed E-state index contributed by atoms with van der Waals surface area (Å²) < 4.78 is 31.3. The van der Waals surface area contributed by atoms with Crippen molar-refractivity contribution < 1.29 is 22.8 Å². The summed E-state index contributed by atoms with van der Waals surface area (Å²) in [4.78, 5) is 23.1. The first-order valence-corrected chi connectivity index (χ1v) is 5.63. The number of halogens is 3. The van der Waals surface area contributed by atoms with Crippen LogP contribution in [0.1, 0.15) is 17.0 Å². The Morgan fingerprint density at radius 2 is 2.22 bits per heavy atom. The summed E-state index contributed by atoms with van der Waals surface area (Å²) in [6.07, 6.45) is 3.12. The van der Waals surface area contributed by atoms with Gasteiger partial charge in [0.15, 0.2) is 11.5 Å². The third-order valence-corrected chi connectivity index (χ3v) is 3.11. The van der Waals surface area contributed by atoms with Crippen molar-refractivity contribution in [1.29, 1.82) is 0 Å². The molecular weight excluding hydrogens is 266 g/mol. The van der Waals surface area contributed by atoms with Crippen LogP contribution in [0, 0.1) is 11.8 Å². The monoisotopic (exact) mass is 274 g/mol. The molecule has 0 unspecified atom stereocenters. The van der Waals surface area contributed by atoms with E-state index in [2.05, 4.69) is 0 Å². The zero-order valence-electron chi connectivity index (χ0n) is 9.11. The molecule has 1 aliphatic rings. The van der Waals surface area contributed by atoms with E-state index >= 15 is 0 Å². The molecule has 0 N–H and O–H groups in total. The van der Waals surface area contributed by atoms with Crippen molar-refractivity contribution in [1.82, 2.24) is 0 Å². The van der Waals surface area contributed by atoms with E-state index in [1.54, 1.807) is 0 Å². The number of hydrogen-bond donors (Lipinski definition) is 0. The zero-order valence-corrected chi connectivity index (χ0v) is 9.86. The molecule has 18 heavy (non-hydrogen) atoms. The Hall–Kier alpha value is -1.49. The second kappa shape index (κ2) is 4.65. The number of carbonyl (C=O) groups is 2. The Bertz CT molecular complexity index is 488. The SMILES string of the molecule is O=C1C=C[C@H](C(=O)c2ccco2)[C@@H](C(F)(F)Cl)C1. The number of allylic oxidation sites excluding steroid dienone is 2. The number of alkyl halides is 3. The van der Waals surface area contributed by atoms with E-state index in [0.29, 0.717) is 0 Å². The van der Waals surface area contributed by atoms with Gasteiger partial charge in [-0.1, -0.05) is 6.08 Å². The molecule has 0 aliphatic heterocycles. The number of Topliss-reactive ketones (excluding diaryl/α,β-unsaturated/α-hetero) is 1. The molecule has 6 heteroatoms. The maximum absolute atomic E-state index is 13.2. The van der Waals surface area contributed by atoms with E-state index in [4.69, 9.17) is 16.0 Å². The van der Waals surface area contributed by atoms with Gasteiger partial charge >= 0.3 is 5.38 Å². The van der Waals surface area contributed by atoms with Gasteiger partial charge in [0, 0.05) is 6.42 Å². The van der Waals surface area contributed by atoms with Crippen molar-refractivity contribution in [3.8, 4) is 0 Å². The van der Waals surface area contributed by atoms with E-state index in [1.807, 2.05) is 0 Å². The van der Waals surface area contributed by atoms with Gasteiger partial charge in [-0.25, -0.2) is 0 Å². The smallest absolute Gasteiger partial charge is 0.325 e. The van der Waals surface area contributed by atoms with E-state index in [9.17, 15) is 18.4 Å². The third kappa shape index (κ3) is 2.51. The average Bonchev–Trinajstić information content (AvgIpc) is 2.80. The number of hydrogen-bond acceptors (Lipinski definition) is 3. The minimum Gasteiger partial charge on any atom is -0.461 e. The van der Waals surface area contributed by atoms with Crippen molar-refractivity contribution in [3.63, 3.8) is 0 Å². The van der Waals surface area contributed by atoms with Crippen LogP contribution in [0.2, 0.25) is 0 Å². The Labute approximate surface area is 106 Å². The highest BCUT2D eigenvalue weighted by Crippen LogP contribution is 2.40. The molecule has 0 spiro atoms. The molecule has 96 valence electrons. The molecule has 0 saturated carbocycles. The normalized spacial score (nSPS) is 24.3. The van der Waals surface area contributed by atoms with Crippen LogP contribution in [-0.2, 0) is 4.79 Å². The van der Waals surface area contributed by atoms with Gasteiger partial charge in [-0.3, -0.25) is 9.59 Å². The second-order valence-electron chi connectivity index (χ2n) is 4.04. The van der Waals surface area contributed by atoms with Crippen molar-refractivity contribution in [2.24, 2.45) is 11.8 Å². The lowest BCUT2D eigenvalue weighted by atomic mass is 9.80. The summed E-state index contributed by atoms with van der Waals surface area (Å²) >= 11 is 4.98. The maximum Gasteiger partial charge on any atom is 0.325 e. The van der Waals surface area contributed by atoms with Gasteiger partial charge in [0.25, 0.3) is 0 Å². The second-order valence-corrected chi connectivity index (χ2v) is 4.55. The van der Waals surface area contributed by atoms with Crippen LogP contribution in [0.3, 0.4) is 0 Å². The highest BCUT2D eigenvalue weighted by Gasteiger charge is 2.47. The molecule has 3 nitrogen and oxygen atoms in total. The van der Waals surface area contributed by atoms with Gasteiger partial charge in [-0.05, 0) is 29.8 Å². The summed E-state index contributed by atoms with van der Waals surface area (Å²) in [5.41, 5.74) is 0. The zero-order chi connectivity index (χ0) is 13.3. The van der Waals surface area contributed by atoms with Gasteiger partial charge in [0.2, 0.25) is 5.78 Å². The molecule has 0 aromatic carbocycles. The van der Waals surface area contributed by atoms with Crippen LogP contribution in [0.5, 0.6) is 0 Å². The molecule has 0 saturated heterocycles. The van der Waals surface area contributed by atoms with Crippen molar-refractivity contribution in [3.05, 3.63) is 36.3 Å². The van der Waals surface area contributed by atoms with E-state index in [0.717, 1.165) is 12.2 Å². The Balaban J connectivity index is 2.32. The van der Waals surface area contributed by atoms with Crippen molar-refractivity contribution in [2.75, 3.05) is 0 Å². The quantitative estimate of drug-likeness (QED) is 0.629. The average molecular weight is 275 g/mol. The van der Waals surface area contributed by atoms with Gasteiger partial charge < -0.3 is 4.42 Å². The van der Waals surface area contributed by atoms with E-state index in [1.165, 1.54) is 18.4 Å². The van der Waals surface area contributed by atoms with Crippen LogP contribution in [0.15, 0.2) is 35.0 Å². The fraction of sp³-hybridized carbons (Fsp3) is 0.333. The van der Waals surface area contributed by atoms with Gasteiger partial charge in [0.1, 0.15) is 0 Å². The van der Waals surface area contributed by atoms with Crippen LogP contribution in [0.4, 0.5) is 8.78 Å². The molecular formula is C12H9ClF2O3. The largest absolute Gasteiger partial charge is 0.461 e. The van der Waals surface area contributed by atoms with E-state index < -0.39 is 35.2 Å². The lowest BCUT2D eigenvalue weighted by Gasteiger charge is -2.28. The van der Waals surface area contributed by atoms with Crippen LogP contribution in [-0.4, -0.2) is 16.9 Å². The Morgan fingerprint density at radius 3 is 2.78 bits per heavy atom. The standard InChI is InChI=1S/C12H9ClF2O3/c13-12(14,15)9-6-7(16)3-4-8(9)11(17)10-2-1-5-18-10/h1-5,8-9H,6H2/t8-,9-/m0/s1. The van der Waals surface area contributed by atoms with Gasteiger partial charge in [-0.2, -0.15) is 8.78 Å². The summed E-state index contributed by atoms with van der Waals surface area (Å²) in [6.45, 7) is 0. The highest BCUT2D eigenvalue weighted by molar-refractivity contribution is 6.22. The molecule has 2 rings (SSSR count). The molecule has 2 atom stereocenters. The topological polar surface area (TPSA) is 47.3 Å². The number of rotatable bonds is 3. The molecule has 1 aliphatic carbocycles. The first-order valence-electron chi connectivity index (χ1n) is 5.25. The summed E-state index contributed by atoms with van der Waals surface area (Å²) in [5.74, 6) is -3.79. The minimum absolute atomic E-state index is 0.0232. The predicted molar refractivity (Wildman–Crippen MR) is 59.6 cm³/mol. The Kier molecular flexibility index (Phi) is 3.34. The summed E-state index contributed by atoms with van der Waals surface area (Å²) in [6, 6.07) is 2.87. The van der Waals surface area contributed by atoms with Crippen LogP contribution < -0.4 is 0 Å².